The van der Waals surface area contributed by atoms with Crippen LogP contribution in [-0.2, 0) is 11.4 Å². The average Bonchev–Trinajstić information content (AvgIpc) is 3.39. The molecule has 2 heterocycles. The van der Waals surface area contributed by atoms with Crippen molar-refractivity contribution in [2.45, 2.75) is 51.9 Å². The van der Waals surface area contributed by atoms with Gasteiger partial charge in [-0.05, 0) is 74.2 Å². The highest BCUT2D eigenvalue weighted by molar-refractivity contribution is 7.99. The monoisotopic (exact) mass is 621 g/mol. The molecule has 0 aliphatic carbocycles. The van der Waals surface area contributed by atoms with Crippen LogP contribution in [0.3, 0.4) is 0 Å². The zero-order valence-corrected chi connectivity index (χ0v) is 26.2. The van der Waals surface area contributed by atoms with Crippen molar-refractivity contribution in [1.29, 1.82) is 0 Å². The molecule has 8 nitrogen and oxygen atoms in total. The number of amides is 1. The van der Waals surface area contributed by atoms with Crippen LogP contribution in [0.15, 0.2) is 71.0 Å². The highest BCUT2D eigenvalue weighted by Crippen LogP contribution is 2.40. The van der Waals surface area contributed by atoms with Crippen molar-refractivity contribution in [2.24, 2.45) is 0 Å². The molecule has 1 amide bonds. The molecule has 0 fully saturated rings. The van der Waals surface area contributed by atoms with Gasteiger partial charge in [-0.1, -0.05) is 54.6 Å². The van der Waals surface area contributed by atoms with E-state index in [4.69, 9.17) is 31.2 Å². The van der Waals surface area contributed by atoms with Gasteiger partial charge in [-0.25, -0.2) is 9.07 Å². The molecule has 1 aliphatic heterocycles. The van der Waals surface area contributed by atoms with Crippen LogP contribution in [0.5, 0.6) is 11.5 Å². The van der Waals surface area contributed by atoms with Crippen LogP contribution in [0.1, 0.15) is 48.6 Å². The summed E-state index contributed by atoms with van der Waals surface area (Å²) in [6.07, 6.45) is 0.975. The molecular weight excluding hydrogens is 589 g/mol. The van der Waals surface area contributed by atoms with Crippen LogP contribution in [0.4, 0.5) is 16.0 Å². The highest BCUT2D eigenvalue weighted by Gasteiger charge is 2.35. The van der Waals surface area contributed by atoms with Crippen molar-refractivity contribution in [1.82, 2.24) is 14.8 Å². The number of allylic oxidation sites excluding steroid dienone is 1. The normalized spacial score (nSPS) is 14.3. The van der Waals surface area contributed by atoms with Gasteiger partial charge in [0.05, 0.1) is 17.7 Å². The predicted molar refractivity (Wildman–Crippen MR) is 169 cm³/mol. The third-order valence-corrected chi connectivity index (χ3v) is 8.70. The summed E-state index contributed by atoms with van der Waals surface area (Å²) in [7, 11) is 1.53. The number of aromatic nitrogens is 3. The summed E-state index contributed by atoms with van der Waals surface area (Å²) in [5.41, 5.74) is 4.94. The zero-order valence-electron chi connectivity index (χ0n) is 24.6. The molecule has 2 N–H and O–H groups in total. The number of ether oxygens (including phenoxy) is 2. The van der Waals surface area contributed by atoms with Crippen LogP contribution in [0.2, 0.25) is 5.02 Å². The van der Waals surface area contributed by atoms with Crippen molar-refractivity contribution < 1.29 is 18.7 Å². The number of anilines is 2. The lowest BCUT2D eigenvalue weighted by Gasteiger charge is -2.29. The first-order chi connectivity index (χ1) is 20.7. The number of aryl methyl sites for hydroxylation is 1. The number of hydrogen-bond donors (Lipinski definition) is 2. The number of halogens is 2. The molecule has 0 spiro atoms. The zero-order chi connectivity index (χ0) is 30.7. The number of fused-ring (bicyclic) bond motifs is 1. The van der Waals surface area contributed by atoms with Crippen LogP contribution in [0, 0.1) is 19.7 Å². The number of rotatable bonds is 10. The molecule has 11 heteroatoms. The molecule has 5 rings (SSSR count). The Kier molecular flexibility index (Phi) is 9.27. The molecule has 1 atom stereocenters. The van der Waals surface area contributed by atoms with E-state index in [1.807, 2.05) is 45.0 Å². The molecule has 1 unspecified atom stereocenters. The first kappa shape index (κ1) is 30.4. The topological polar surface area (TPSA) is 90.3 Å². The summed E-state index contributed by atoms with van der Waals surface area (Å²) in [5.74, 6) is 1.51. The summed E-state index contributed by atoms with van der Waals surface area (Å²) in [4.78, 5) is 18.7. The largest absolute Gasteiger partial charge is 0.493 e. The molecule has 0 saturated carbocycles. The quantitative estimate of drug-likeness (QED) is 0.175. The lowest BCUT2D eigenvalue weighted by molar-refractivity contribution is -0.113. The minimum Gasteiger partial charge on any atom is -0.493 e. The Bertz CT molecular complexity index is 1690. The van der Waals surface area contributed by atoms with E-state index >= 15 is 0 Å². The Balaban J connectivity index is 1.53. The lowest BCUT2D eigenvalue weighted by Crippen LogP contribution is -2.31. The lowest BCUT2D eigenvalue weighted by atomic mass is 9.94. The second-order valence-corrected chi connectivity index (χ2v) is 11.6. The SMILES string of the molecule is CCCSc1nc2n(n1)C(c1ccc(OCc3c(F)cccc3Cl)c(OC)c1)C(C(=O)Nc1cccc(C)c1C)=C(C)N2. The van der Waals surface area contributed by atoms with E-state index in [-0.39, 0.29) is 23.1 Å². The molecule has 0 bridgehead atoms. The van der Waals surface area contributed by atoms with Crippen molar-refractivity contribution in [2.75, 3.05) is 23.5 Å². The first-order valence-electron chi connectivity index (χ1n) is 13.9. The fourth-order valence-electron chi connectivity index (χ4n) is 4.86. The van der Waals surface area contributed by atoms with Gasteiger partial charge in [0.15, 0.2) is 11.5 Å². The van der Waals surface area contributed by atoms with Gasteiger partial charge in [0.1, 0.15) is 18.5 Å². The van der Waals surface area contributed by atoms with E-state index in [0.29, 0.717) is 33.9 Å². The molecule has 4 aromatic rings. The number of nitrogens with zero attached hydrogens (tertiary/aromatic N) is 3. The van der Waals surface area contributed by atoms with E-state index in [2.05, 4.69) is 17.6 Å². The summed E-state index contributed by atoms with van der Waals surface area (Å²) >= 11 is 7.75. The van der Waals surface area contributed by atoms with Gasteiger partial charge in [0.25, 0.3) is 5.91 Å². The summed E-state index contributed by atoms with van der Waals surface area (Å²) < 4.78 is 27.7. The first-order valence-corrected chi connectivity index (χ1v) is 15.3. The summed E-state index contributed by atoms with van der Waals surface area (Å²) in [5, 5.41) is 12.1. The molecule has 0 radical (unpaired) electrons. The standard InChI is InChI=1S/C32H33ClFN5O3S/c1-6-15-43-32-37-31-35-20(4)28(30(40)36-25-12-7-9-18(2)19(25)3)29(39(31)38-32)21-13-14-26(27(16-21)41-5)42-17-22-23(33)10-8-11-24(22)34/h7-14,16,29H,6,15,17H2,1-5H3,(H,36,40)(H,35,37,38). The fraction of sp³-hybridized carbons (Fsp3) is 0.281. The van der Waals surface area contributed by atoms with Gasteiger partial charge in [-0.2, -0.15) is 4.98 Å². The predicted octanol–water partition coefficient (Wildman–Crippen LogP) is 7.70. The molecule has 1 aliphatic rings. The average molecular weight is 622 g/mol. The smallest absolute Gasteiger partial charge is 0.255 e. The van der Waals surface area contributed by atoms with Crippen LogP contribution in [-0.4, -0.2) is 33.5 Å². The number of hydrogen-bond acceptors (Lipinski definition) is 7. The van der Waals surface area contributed by atoms with Gasteiger partial charge in [-0.3, -0.25) is 4.79 Å². The van der Waals surface area contributed by atoms with Crippen molar-refractivity contribution in [3.05, 3.63) is 99.0 Å². The Labute approximate surface area is 259 Å². The number of nitrogens with one attached hydrogen (secondary N) is 2. The van der Waals surface area contributed by atoms with E-state index in [1.54, 1.807) is 40.7 Å². The van der Waals surface area contributed by atoms with E-state index in [0.717, 1.165) is 34.6 Å². The number of carbonyl (C=O) groups is 1. The Morgan fingerprint density at radius 3 is 2.67 bits per heavy atom. The number of benzene rings is 3. The van der Waals surface area contributed by atoms with Gasteiger partial charge < -0.3 is 20.1 Å². The van der Waals surface area contributed by atoms with E-state index < -0.39 is 11.9 Å². The van der Waals surface area contributed by atoms with E-state index in [1.165, 1.54) is 13.2 Å². The molecule has 3 aromatic carbocycles. The van der Waals surface area contributed by atoms with Crippen LogP contribution < -0.4 is 20.1 Å². The van der Waals surface area contributed by atoms with Gasteiger partial charge in [0, 0.05) is 22.7 Å². The number of carbonyl (C=O) groups excluding carboxylic acids is 1. The maximum absolute atomic E-state index is 14.4. The highest BCUT2D eigenvalue weighted by atomic mass is 35.5. The van der Waals surface area contributed by atoms with Gasteiger partial charge in [-0.15, -0.1) is 5.10 Å². The van der Waals surface area contributed by atoms with Crippen molar-refractivity contribution in [3.63, 3.8) is 0 Å². The van der Waals surface area contributed by atoms with E-state index in [9.17, 15) is 9.18 Å². The maximum atomic E-state index is 14.4. The number of methoxy groups -OCH3 is 1. The van der Waals surface area contributed by atoms with Crippen molar-refractivity contribution in [3.8, 4) is 11.5 Å². The Hall–Kier alpha value is -4.02. The third kappa shape index (κ3) is 6.35. The maximum Gasteiger partial charge on any atom is 0.255 e. The molecule has 43 heavy (non-hydrogen) atoms. The molecular formula is C32H33ClFN5O3S. The van der Waals surface area contributed by atoms with Crippen LogP contribution >= 0.6 is 23.4 Å². The third-order valence-electron chi connectivity index (χ3n) is 7.30. The number of thioether (sulfide) groups is 1. The van der Waals surface area contributed by atoms with Crippen molar-refractivity contribution >= 4 is 40.9 Å². The van der Waals surface area contributed by atoms with Crippen LogP contribution in [0.25, 0.3) is 0 Å². The second kappa shape index (κ2) is 13.1. The Morgan fingerprint density at radius 2 is 1.93 bits per heavy atom. The van der Waals surface area contributed by atoms with Gasteiger partial charge in [0.2, 0.25) is 11.1 Å². The summed E-state index contributed by atoms with van der Waals surface area (Å²) in [6.45, 7) is 7.86. The molecule has 0 saturated heterocycles. The second-order valence-electron chi connectivity index (χ2n) is 10.2. The summed E-state index contributed by atoms with van der Waals surface area (Å²) in [6, 6.07) is 15.1. The molecule has 1 aromatic heterocycles. The van der Waals surface area contributed by atoms with Gasteiger partial charge >= 0.3 is 0 Å². The minimum absolute atomic E-state index is 0.0810. The Morgan fingerprint density at radius 1 is 1.14 bits per heavy atom. The molecule has 224 valence electrons. The minimum atomic E-state index is -0.617. The fourth-order valence-corrected chi connectivity index (χ4v) is 5.76.